The zero-order valence-corrected chi connectivity index (χ0v) is 16.2. The molecule has 0 N–H and O–H groups in total. The summed E-state index contributed by atoms with van der Waals surface area (Å²) in [5.41, 5.74) is 5.49. The van der Waals surface area contributed by atoms with Gasteiger partial charge in [0.25, 0.3) is 0 Å². The first kappa shape index (κ1) is 17.0. The summed E-state index contributed by atoms with van der Waals surface area (Å²) >= 11 is 0. The molecule has 5 nitrogen and oxygen atoms in total. The van der Waals surface area contributed by atoms with Gasteiger partial charge in [-0.3, -0.25) is 4.90 Å². The number of hydrogen-bond donors (Lipinski definition) is 0. The summed E-state index contributed by atoms with van der Waals surface area (Å²) in [7, 11) is 0. The number of nitrogens with zero attached hydrogens (tertiary/aromatic N) is 5. The van der Waals surface area contributed by atoms with Gasteiger partial charge in [-0.15, -0.1) is 0 Å². The molecule has 1 aromatic heterocycles. The lowest BCUT2D eigenvalue weighted by Gasteiger charge is -2.31. The molecule has 3 aliphatic heterocycles. The third-order valence-corrected chi connectivity index (χ3v) is 6.72. The molecule has 142 valence electrons. The molecule has 4 heterocycles. The average Bonchev–Trinajstić information content (AvgIpc) is 3.37. The zero-order chi connectivity index (χ0) is 18.2. The molecule has 2 aromatic rings. The quantitative estimate of drug-likeness (QED) is 0.837. The van der Waals surface area contributed by atoms with Gasteiger partial charge in [0.1, 0.15) is 6.33 Å². The number of fused-ring (bicyclic) bond motifs is 1. The Kier molecular flexibility index (Phi) is 4.48. The molecular formula is C22H29N5. The Labute approximate surface area is 162 Å². The fraction of sp³-hybridized carbons (Fsp3) is 0.545. The second-order valence-electron chi connectivity index (χ2n) is 8.34. The van der Waals surface area contributed by atoms with Crippen LogP contribution in [0.2, 0.25) is 0 Å². The lowest BCUT2D eigenvalue weighted by Crippen LogP contribution is -2.39. The van der Waals surface area contributed by atoms with E-state index in [2.05, 4.69) is 49.8 Å². The molecule has 0 bridgehead atoms. The molecule has 0 radical (unpaired) electrons. The van der Waals surface area contributed by atoms with Gasteiger partial charge in [-0.1, -0.05) is 6.07 Å². The van der Waals surface area contributed by atoms with Gasteiger partial charge in [-0.05, 0) is 62.4 Å². The second-order valence-corrected chi connectivity index (χ2v) is 8.34. The Bertz CT molecular complexity index is 793. The van der Waals surface area contributed by atoms with Crippen molar-refractivity contribution >= 4 is 11.4 Å². The molecule has 3 aliphatic rings. The minimum absolute atomic E-state index is 0.743. The van der Waals surface area contributed by atoms with E-state index in [1.807, 2.05) is 12.4 Å². The fourth-order valence-corrected chi connectivity index (χ4v) is 5.16. The van der Waals surface area contributed by atoms with E-state index in [0.717, 1.165) is 37.3 Å². The molecule has 2 atom stereocenters. The van der Waals surface area contributed by atoms with Crippen molar-refractivity contribution < 1.29 is 0 Å². The summed E-state index contributed by atoms with van der Waals surface area (Å²) in [5.74, 6) is 0. The average molecular weight is 364 g/mol. The largest absolute Gasteiger partial charge is 0.370 e. The van der Waals surface area contributed by atoms with E-state index < -0.39 is 0 Å². The first-order valence-electron chi connectivity index (χ1n) is 10.4. The number of likely N-dealkylation sites (tertiary alicyclic amines) is 1. The first-order chi connectivity index (χ1) is 13.3. The minimum Gasteiger partial charge on any atom is -0.370 e. The van der Waals surface area contributed by atoms with E-state index in [1.165, 1.54) is 55.7 Å². The maximum Gasteiger partial charge on any atom is 0.115 e. The zero-order valence-electron chi connectivity index (χ0n) is 16.2. The normalized spacial score (nSPS) is 25.8. The van der Waals surface area contributed by atoms with Gasteiger partial charge in [-0.25, -0.2) is 9.97 Å². The Hall–Kier alpha value is -2.14. The Morgan fingerprint density at radius 2 is 1.81 bits per heavy atom. The highest BCUT2D eigenvalue weighted by atomic mass is 15.3. The molecule has 0 saturated carbocycles. The SMILES string of the molecule is C[C@H]1CCCN1[C@H]1CCN(c2ccc3c(c2)CCN(c2cncnc2)C3)C1. The van der Waals surface area contributed by atoms with Gasteiger partial charge in [0, 0.05) is 44.0 Å². The lowest BCUT2D eigenvalue weighted by atomic mass is 9.98. The topological polar surface area (TPSA) is 35.5 Å². The van der Waals surface area contributed by atoms with Crippen LogP contribution in [0.1, 0.15) is 37.3 Å². The lowest BCUT2D eigenvalue weighted by molar-refractivity contribution is 0.204. The van der Waals surface area contributed by atoms with Crippen molar-refractivity contribution in [3.63, 3.8) is 0 Å². The number of anilines is 2. The predicted molar refractivity (Wildman–Crippen MR) is 109 cm³/mol. The Balaban J connectivity index is 1.28. The molecule has 0 amide bonds. The van der Waals surface area contributed by atoms with Crippen LogP contribution in [-0.4, -0.2) is 53.1 Å². The van der Waals surface area contributed by atoms with Crippen LogP contribution in [0.5, 0.6) is 0 Å². The molecule has 5 rings (SSSR count). The smallest absolute Gasteiger partial charge is 0.115 e. The number of aromatic nitrogens is 2. The third-order valence-electron chi connectivity index (χ3n) is 6.72. The monoisotopic (exact) mass is 363 g/mol. The highest BCUT2D eigenvalue weighted by Crippen LogP contribution is 2.31. The van der Waals surface area contributed by atoms with Crippen LogP contribution in [0.4, 0.5) is 11.4 Å². The van der Waals surface area contributed by atoms with Crippen molar-refractivity contribution in [3.05, 3.63) is 48.0 Å². The molecule has 2 saturated heterocycles. The summed E-state index contributed by atoms with van der Waals surface area (Å²) in [5, 5.41) is 0. The van der Waals surface area contributed by atoms with Crippen LogP contribution < -0.4 is 9.80 Å². The molecule has 5 heteroatoms. The fourth-order valence-electron chi connectivity index (χ4n) is 5.16. The van der Waals surface area contributed by atoms with E-state index in [4.69, 9.17) is 0 Å². The summed E-state index contributed by atoms with van der Waals surface area (Å²) in [4.78, 5) is 16.1. The van der Waals surface area contributed by atoms with Crippen molar-refractivity contribution in [1.82, 2.24) is 14.9 Å². The van der Waals surface area contributed by atoms with Gasteiger partial charge < -0.3 is 9.80 Å². The van der Waals surface area contributed by atoms with Crippen molar-refractivity contribution in [2.24, 2.45) is 0 Å². The molecule has 27 heavy (non-hydrogen) atoms. The molecule has 0 aliphatic carbocycles. The summed E-state index contributed by atoms with van der Waals surface area (Å²) in [6.07, 6.45) is 10.6. The number of hydrogen-bond acceptors (Lipinski definition) is 5. The van der Waals surface area contributed by atoms with E-state index in [0.29, 0.717) is 0 Å². The van der Waals surface area contributed by atoms with Crippen molar-refractivity contribution in [2.45, 2.75) is 51.2 Å². The van der Waals surface area contributed by atoms with Crippen molar-refractivity contribution in [2.75, 3.05) is 36.0 Å². The molecule has 0 spiro atoms. The van der Waals surface area contributed by atoms with E-state index >= 15 is 0 Å². The Morgan fingerprint density at radius 1 is 0.926 bits per heavy atom. The van der Waals surface area contributed by atoms with Crippen LogP contribution in [0.3, 0.4) is 0 Å². The first-order valence-corrected chi connectivity index (χ1v) is 10.4. The van der Waals surface area contributed by atoms with E-state index in [-0.39, 0.29) is 0 Å². The van der Waals surface area contributed by atoms with Gasteiger partial charge >= 0.3 is 0 Å². The van der Waals surface area contributed by atoms with Crippen LogP contribution in [-0.2, 0) is 13.0 Å². The molecule has 2 fully saturated rings. The maximum absolute atomic E-state index is 4.16. The summed E-state index contributed by atoms with van der Waals surface area (Å²) in [6.45, 7) is 8.08. The van der Waals surface area contributed by atoms with Crippen LogP contribution >= 0.6 is 0 Å². The minimum atomic E-state index is 0.743. The molecule has 0 unspecified atom stereocenters. The molecular weight excluding hydrogens is 334 g/mol. The van der Waals surface area contributed by atoms with Gasteiger partial charge in [0.15, 0.2) is 0 Å². The highest BCUT2D eigenvalue weighted by Gasteiger charge is 2.33. The number of benzene rings is 1. The molecule has 1 aromatic carbocycles. The van der Waals surface area contributed by atoms with Gasteiger partial charge in [0.2, 0.25) is 0 Å². The summed E-state index contributed by atoms with van der Waals surface area (Å²) < 4.78 is 0. The Morgan fingerprint density at radius 3 is 2.63 bits per heavy atom. The van der Waals surface area contributed by atoms with E-state index in [9.17, 15) is 0 Å². The van der Waals surface area contributed by atoms with Crippen LogP contribution in [0, 0.1) is 0 Å². The number of rotatable bonds is 3. The highest BCUT2D eigenvalue weighted by molar-refractivity contribution is 5.55. The summed E-state index contributed by atoms with van der Waals surface area (Å²) in [6, 6.07) is 8.63. The van der Waals surface area contributed by atoms with E-state index in [1.54, 1.807) is 6.33 Å². The van der Waals surface area contributed by atoms with Crippen LogP contribution in [0.15, 0.2) is 36.9 Å². The predicted octanol–water partition coefficient (Wildman–Crippen LogP) is 3.10. The second kappa shape index (κ2) is 7.12. The van der Waals surface area contributed by atoms with Gasteiger partial charge in [-0.2, -0.15) is 0 Å². The van der Waals surface area contributed by atoms with Crippen molar-refractivity contribution in [1.29, 1.82) is 0 Å². The third kappa shape index (κ3) is 3.29. The maximum atomic E-state index is 4.16. The van der Waals surface area contributed by atoms with Crippen LogP contribution in [0.25, 0.3) is 0 Å². The van der Waals surface area contributed by atoms with Gasteiger partial charge in [0.05, 0.1) is 18.1 Å². The standard InChI is InChI=1S/C22H29N5/c1-17-3-2-8-27(17)21-7-10-26(15-21)20-5-4-19-14-25(9-6-18(19)11-20)22-12-23-16-24-13-22/h4-5,11-13,16-17,21H,2-3,6-10,14-15H2,1H3/t17-,21-/m0/s1. The van der Waals surface area contributed by atoms with Crippen molar-refractivity contribution in [3.8, 4) is 0 Å².